The molecule has 6 heteroatoms. The van der Waals surface area contributed by atoms with E-state index in [-0.39, 0.29) is 12.0 Å². The maximum absolute atomic E-state index is 12.5. The van der Waals surface area contributed by atoms with Crippen molar-refractivity contribution in [3.8, 4) is 11.5 Å². The van der Waals surface area contributed by atoms with Gasteiger partial charge in [0.25, 0.3) is 0 Å². The predicted molar refractivity (Wildman–Crippen MR) is 108 cm³/mol. The van der Waals surface area contributed by atoms with Crippen LogP contribution in [0.5, 0.6) is 11.5 Å². The molecule has 0 saturated carbocycles. The van der Waals surface area contributed by atoms with Crippen LogP contribution in [0.1, 0.15) is 30.9 Å². The summed E-state index contributed by atoms with van der Waals surface area (Å²) in [6.07, 6.45) is 0.957. The first kappa shape index (κ1) is 19.7. The highest BCUT2D eigenvalue weighted by Crippen LogP contribution is 2.21. The van der Waals surface area contributed by atoms with Crippen molar-refractivity contribution in [2.75, 3.05) is 20.8 Å². The molecule has 1 aliphatic heterocycles. The van der Waals surface area contributed by atoms with Crippen molar-refractivity contribution in [2.24, 2.45) is 5.16 Å². The number of oxime groups is 1. The summed E-state index contributed by atoms with van der Waals surface area (Å²) in [6, 6.07) is 15.5. The zero-order chi connectivity index (χ0) is 19.9. The van der Waals surface area contributed by atoms with Crippen molar-refractivity contribution < 1.29 is 19.1 Å². The number of methoxy groups -OCH3 is 2. The van der Waals surface area contributed by atoms with Crippen LogP contribution >= 0.6 is 0 Å². The Morgan fingerprint density at radius 2 is 1.89 bits per heavy atom. The number of hydrogen-bond acceptors (Lipinski definition) is 5. The van der Waals surface area contributed by atoms with Gasteiger partial charge in [-0.2, -0.15) is 0 Å². The molecule has 0 saturated heterocycles. The minimum atomic E-state index is -0.154. The van der Waals surface area contributed by atoms with Gasteiger partial charge >= 0.3 is 0 Å². The van der Waals surface area contributed by atoms with Gasteiger partial charge in [0.2, 0.25) is 5.91 Å². The Balaban J connectivity index is 1.64. The number of carbonyl (C=O) groups excluding carboxylic acids is 1. The molecule has 2 aromatic carbocycles. The first-order valence-corrected chi connectivity index (χ1v) is 9.40. The van der Waals surface area contributed by atoms with E-state index in [0.29, 0.717) is 25.9 Å². The molecule has 0 aliphatic carbocycles. The van der Waals surface area contributed by atoms with Crippen LogP contribution in [0.2, 0.25) is 0 Å². The molecule has 6 nitrogen and oxygen atoms in total. The molecule has 0 fully saturated rings. The maximum Gasteiger partial charge on any atom is 0.222 e. The molecule has 0 bridgehead atoms. The Bertz CT molecular complexity index is 833. The summed E-state index contributed by atoms with van der Waals surface area (Å²) in [4.78, 5) is 19.9. The van der Waals surface area contributed by atoms with Crippen LogP contribution in [0, 0.1) is 0 Å². The predicted octanol–water partition coefficient (Wildman–Crippen LogP) is 3.64. The summed E-state index contributed by atoms with van der Waals surface area (Å²) in [7, 11) is 3.28. The van der Waals surface area contributed by atoms with Crippen LogP contribution in [-0.2, 0) is 16.2 Å². The van der Waals surface area contributed by atoms with E-state index in [1.807, 2.05) is 60.4 Å². The van der Waals surface area contributed by atoms with Gasteiger partial charge in [0.15, 0.2) is 6.10 Å². The largest absolute Gasteiger partial charge is 0.497 e. The van der Waals surface area contributed by atoms with Crippen molar-refractivity contribution in [1.82, 2.24) is 4.90 Å². The molecule has 2 aromatic rings. The zero-order valence-corrected chi connectivity index (χ0v) is 16.6. The summed E-state index contributed by atoms with van der Waals surface area (Å²) >= 11 is 0. The second kappa shape index (κ2) is 9.26. The van der Waals surface area contributed by atoms with Crippen LogP contribution in [0.25, 0.3) is 0 Å². The van der Waals surface area contributed by atoms with Crippen LogP contribution in [0.4, 0.5) is 0 Å². The highest BCUT2D eigenvalue weighted by Gasteiger charge is 2.26. The number of carbonyl (C=O) groups is 1. The molecule has 28 heavy (non-hydrogen) atoms. The second-order valence-electron chi connectivity index (χ2n) is 6.68. The van der Waals surface area contributed by atoms with Crippen molar-refractivity contribution in [1.29, 1.82) is 0 Å². The van der Waals surface area contributed by atoms with Crippen LogP contribution in [0.3, 0.4) is 0 Å². The molecule has 1 aliphatic rings. The third-order valence-corrected chi connectivity index (χ3v) is 4.74. The molecule has 0 spiro atoms. The van der Waals surface area contributed by atoms with Gasteiger partial charge in [-0.05, 0) is 47.5 Å². The number of nitrogens with zero attached hydrogens (tertiary/aromatic N) is 2. The lowest BCUT2D eigenvalue weighted by molar-refractivity contribution is -0.133. The molecule has 148 valence electrons. The highest BCUT2D eigenvalue weighted by molar-refractivity contribution is 6.01. The summed E-state index contributed by atoms with van der Waals surface area (Å²) in [5.74, 6) is 1.67. The first-order chi connectivity index (χ1) is 13.6. The average Bonchev–Trinajstić information content (AvgIpc) is 3.21. The standard InChI is InChI=1S/C22H26N2O4/c1-4-22(25)24(14-16-6-5-7-19(12-16)27-3)15-20-13-21(23-28-20)17-8-10-18(26-2)11-9-17/h5-12,20H,4,13-15H2,1-3H3/t20-/m0/s1. The van der Waals surface area contributed by atoms with E-state index < -0.39 is 0 Å². The number of benzene rings is 2. The molecular weight excluding hydrogens is 356 g/mol. The molecule has 1 atom stereocenters. The molecular formula is C22H26N2O4. The maximum atomic E-state index is 12.5. The Morgan fingerprint density at radius 3 is 2.57 bits per heavy atom. The van der Waals surface area contributed by atoms with Crippen molar-refractivity contribution in [3.63, 3.8) is 0 Å². The van der Waals surface area contributed by atoms with Gasteiger partial charge in [-0.25, -0.2) is 0 Å². The lowest BCUT2D eigenvalue weighted by atomic mass is 10.0. The van der Waals surface area contributed by atoms with Gasteiger partial charge in [-0.3, -0.25) is 4.79 Å². The van der Waals surface area contributed by atoms with Gasteiger partial charge in [-0.15, -0.1) is 0 Å². The SMILES string of the molecule is CCC(=O)N(Cc1cccc(OC)c1)C[C@@H]1CC(c2ccc(OC)cc2)=NO1. The number of amides is 1. The quantitative estimate of drug-likeness (QED) is 0.699. The minimum absolute atomic E-state index is 0.0873. The van der Waals surface area contributed by atoms with E-state index in [1.54, 1.807) is 14.2 Å². The van der Waals surface area contributed by atoms with E-state index in [2.05, 4.69) is 5.16 Å². The lowest BCUT2D eigenvalue weighted by Gasteiger charge is -2.24. The molecule has 1 heterocycles. The van der Waals surface area contributed by atoms with Crippen LogP contribution in [0.15, 0.2) is 53.7 Å². The number of hydrogen-bond donors (Lipinski definition) is 0. The van der Waals surface area contributed by atoms with E-state index in [4.69, 9.17) is 14.3 Å². The Morgan fingerprint density at radius 1 is 1.14 bits per heavy atom. The first-order valence-electron chi connectivity index (χ1n) is 9.40. The van der Waals surface area contributed by atoms with Gasteiger partial charge in [-0.1, -0.05) is 24.2 Å². The monoisotopic (exact) mass is 382 g/mol. The molecule has 0 radical (unpaired) electrons. The fraction of sp³-hybridized carbons (Fsp3) is 0.364. The average molecular weight is 382 g/mol. The van der Waals surface area contributed by atoms with Gasteiger partial charge in [0.1, 0.15) is 11.5 Å². The fourth-order valence-corrected chi connectivity index (χ4v) is 3.20. The Hall–Kier alpha value is -3.02. The van der Waals surface area contributed by atoms with E-state index >= 15 is 0 Å². The van der Waals surface area contributed by atoms with Gasteiger partial charge in [0.05, 0.1) is 26.5 Å². The van der Waals surface area contributed by atoms with Crippen molar-refractivity contribution in [2.45, 2.75) is 32.4 Å². The Kier molecular flexibility index (Phi) is 6.53. The summed E-state index contributed by atoms with van der Waals surface area (Å²) in [6.45, 7) is 2.88. The topological polar surface area (TPSA) is 60.4 Å². The molecule has 3 rings (SSSR count). The molecule has 0 aromatic heterocycles. The normalized spacial score (nSPS) is 15.5. The minimum Gasteiger partial charge on any atom is -0.497 e. The van der Waals surface area contributed by atoms with E-state index in [0.717, 1.165) is 28.3 Å². The molecule has 0 N–H and O–H groups in total. The molecule has 0 unspecified atom stereocenters. The van der Waals surface area contributed by atoms with Crippen molar-refractivity contribution >= 4 is 11.6 Å². The highest BCUT2D eigenvalue weighted by atomic mass is 16.6. The van der Waals surface area contributed by atoms with Crippen molar-refractivity contribution in [3.05, 3.63) is 59.7 Å². The van der Waals surface area contributed by atoms with E-state index in [9.17, 15) is 4.79 Å². The fourth-order valence-electron chi connectivity index (χ4n) is 3.20. The number of ether oxygens (including phenoxy) is 2. The second-order valence-corrected chi connectivity index (χ2v) is 6.68. The van der Waals surface area contributed by atoms with Crippen LogP contribution < -0.4 is 9.47 Å². The lowest BCUT2D eigenvalue weighted by Crippen LogP contribution is -2.36. The van der Waals surface area contributed by atoms with E-state index in [1.165, 1.54) is 0 Å². The summed E-state index contributed by atoms with van der Waals surface area (Å²) in [5, 5.41) is 4.23. The Labute approximate surface area is 165 Å². The smallest absolute Gasteiger partial charge is 0.222 e. The summed E-state index contributed by atoms with van der Waals surface area (Å²) in [5.41, 5.74) is 2.91. The third-order valence-electron chi connectivity index (χ3n) is 4.74. The van der Waals surface area contributed by atoms with Gasteiger partial charge < -0.3 is 19.2 Å². The van der Waals surface area contributed by atoms with Crippen LogP contribution in [-0.4, -0.2) is 43.4 Å². The zero-order valence-electron chi connectivity index (χ0n) is 16.6. The van der Waals surface area contributed by atoms with Gasteiger partial charge in [0, 0.05) is 19.4 Å². The molecule has 1 amide bonds. The number of rotatable bonds is 8. The summed E-state index contributed by atoms with van der Waals surface area (Å²) < 4.78 is 10.5. The third kappa shape index (κ3) is 4.82.